The van der Waals surface area contributed by atoms with Crippen LogP contribution in [0, 0.1) is 6.92 Å². The van der Waals surface area contributed by atoms with E-state index < -0.39 is 23.0 Å². The molecule has 0 saturated heterocycles. The highest BCUT2D eigenvalue weighted by atomic mass is 16.4. The molecule has 0 bridgehead atoms. The molecule has 3 N–H and O–H groups in total. The van der Waals surface area contributed by atoms with Crippen molar-refractivity contribution in [2.45, 2.75) is 6.92 Å². The predicted molar refractivity (Wildman–Crippen MR) is 81.2 cm³/mol. The van der Waals surface area contributed by atoms with E-state index in [4.69, 9.17) is 5.11 Å². The van der Waals surface area contributed by atoms with Gasteiger partial charge in [-0.3, -0.25) is 9.78 Å². The number of aromatic carboxylic acids is 1. The van der Waals surface area contributed by atoms with Gasteiger partial charge in [-0.1, -0.05) is 30.3 Å². The fourth-order valence-corrected chi connectivity index (χ4v) is 2.43. The van der Waals surface area contributed by atoms with Gasteiger partial charge in [0.25, 0.3) is 5.56 Å². The first-order valence-corrected chi connectivity index (χ1v) is 6.54. The zero-order valence-corrected chi connectivity index (χ0v) is 11.6. The van der Waals surface area contributed by atoms with Crippen LogP contribution in [0.3, 0.4) is 0 Å². The Morgan fingerprint density at radius 1 is 1.23 bits per heavy atom. The van der Waals surface area contributed by atoms with Gasteiger partial charge in [-0.05, 0) is 13.0 Å². The summed E-state index contributed by atoms with van der Waals surface area (Å²) >= 11 is 0. The van der Waals surface area contributed by atoms with Gasteiger partial charge in [-0.25, -0.2) is 4.79 Å². The topological polar surface area (TPSA) is 103 Å². The van der Waals surface area contributed by atoms with Crippen molar-refractivity contribution in [3.05, 3.63) is 58.1 Å². The van der Waals surface area contributed by atoms with Crippen LogP contribution in [0.15, 0.2) is 41.2 Å². The average molecular weight is 296 g/mol. The van der Waals surface area contributed by atoms with E-state index in [0.29, 0.717) is 11.4 Å². The number of hydrogen-bond donors (Lipinski definition) is 3. The molecule has 6 nitrogen and oxygen atoms in total. The normalized spacial score (nSPS) is 10.8. The molecule has 0 fully saturated rings. The van der Waals surface area contributed by atoms with Gasteiger partial charge in [-0.2, -0.15) is 0 Å². The first-order chi connectivity index (χ1) is 10.5. The van der Waals surface area contributed by atoms with Crippen LogP contribution < -0.4 is 5.56 Å². The first-order valence-electron chi connectivity index (χ1n) is 6.54. The summed E-state index contributed by atoms with van der Waals surface area (Å²) in [6.07, 6.45) is 0. The number of aromatic amines is 1. The molecule has 0 spiro atoms. The highest BCUT2D eigenvalue weighted by Crippen LogP contribution is 2.30. The summed E-state index contributed by atoms with van der Waals surface area (Å²) in [4.78, 5) is 29.7. The van der Waals surface area contributed by atoms with Crippen molar-refractivity contribution < 1.29 is 15.0 Å². The summed E-state index contributed by atoms with van der Waals surface area (Å²) in [5.74, 6) is -1.86. The maximum absolute atomic E-state index is 12.1. The van der Waals surface area contributed by atoms with Crippen LogP contribution >= 0.6 is 0 Å². The Labute approximate surface area is 124 Å². The molecule has 0 saturated carbocycles. The number of pyridine rings is 2. The van der Waals surface area contributed by atoms with Gasteiger partial charge in [0.1, 0.15) is 0 Å². The molecule has 2 heterocycles. The Kier molecular flexibility index (Phi) is 3.14. The number of carboxylic acid groups (broad SMARTS) is 1. The standard InChI is InChI=1S/C16H12N2O4/c1-8-12-10(14(19)13(16(21)22)18-15(12)20)7-11(17-8)9-5-3-2-4-6-9/h2-7,19H,1H3,(H,18,20)(H,21,22). The van der Waals surface area contributed by atoms with E-state index >= 15 is 0 Å². The van der Waals surface area contributed by atoms with Crippen molar-refractivity contribution in [2.75, 3.05) is 0 Å². The van der Waals surface area contributed by atoms with E-state index in [-0.39, 0.29) is 10.8 Å². The van der Waals surface area contributed by atoms with Crippen LogP contribution in [0.4, 0.5) is 0 Å². The van der Waals surface area contributed by atoms with Crippen molar-refractivity contribution in [1.29, 1.82) is 0 Å². The molecule has 110 valence electrons. The Balaban J connectivity index is 2.40. The Morgan fingerprint density at radius 3 is 2.55 bits per heavy atom. The van der Waals surface area contributed by atoms with Crippen LogP contribution in [0.25, 0.3) is 22.0 Å². The minimum Gasteiger partial charge on any atom is -0.505 e. The number of carbonyl (C=O) groups is 1. The molecule has 0 amide bonds. The zero-order valence-electron chi connectivity index (χ0n) is 11.6. The molecule has 0 aliphatic rings. The van der Waals surface area contributed by atoms with Crippen LogP contribution in [-0.4, -0.2) is 26.2 Å². The lowest BCUT2D eigenvalue weighted by molar-refractivity contribution is 0.0687. The summed E-state index contributed by atoms with van der Waals surface area (Å²) in [6.45, 7) is 1.64. The largest absolute Gasteiger partial charge is 0.505 e. The number of hydrogen-bond acceptors (Lipinski definition) is 4. The molecule has 6 heteroatoms. The Hall–Kier alpha value is -3.15. The minimum absolute atomic E-state index is 0.174. The van der Waals surface area contributed by atoms with Crippen LogP contribution in [0.2, 0.25) is 0 Å². The van der Waals surface area contributed by atoms with Crippen molar-refractivity contribution in [3.63, 3.8) is 0 Å². The van der Waals surface area contributed by atoms with E-state index in [9.17, 15) is 14.7 Å². The van der Waals surface area contributed by atoms with Crippen LogP contribution in [-0.2, 0) is 0 Å². The number of aromatic hydroxyl groups is 1. The Bertz CT molecular complexity index is 946. The predicted octanol–water partition coefficient (Wildman–Crippen LogP) is 2.30. The molecule has 3 rings (SSSR count). The summed E-state index contributed by atoms with van der Waals surface area (Å²) in [5, 5.41) is 19.6. The Morgan fingerprint density at radius 2 is 1.91 bits per heavy atom. The average Bonchev–Trinajstić information content (AvgIpc) is 2.50. The molecule has 3 aromatic rings. The zero-order chi connectivity index (χ0) is 15.9. The molecule has 0 unspecified atom stereocenters. The summed E-state index contributed by atoms with van der Waals surface area (Å²) in [6, 6.07) is 10.8. The number of carboxylic acids is 1. The van der Waals surface area contributed by atoms with Crippen molar-refractivity contribution in [2.24, 2.45) is 0 Å². The number of benzene rings is 1. The second kappa shape index (κ2) is 5.00. The molecule has 0 aliphatic heterocycles. The van der Waals surface area contributed by atoms with Gasteiger partial charge in [0.05, 0.1) is 16.8 Å². The summed E-state index contributed by atoms with van der Waals surface area (Å²) in [5.41, 5.74) is 0.675. The fourth-order valence-electron chi connectivity index (χ4n) is 2.43. The van der Waals surface area contributed by atoms with Gasteiger partial charge in [-0.15, -0.1) is 0 Å². The summed E-state index contributed by atoms with van der Waals surface area (Å²) in [7, 11) is 0. The molecule has 0 radical (unpaired) electrons. The maximum atomic E-state index is 12.1. The molecule has 0 aliphatic carbocycles. The number of H-pyrrole nitrogens is 1. The van der Waals surface area contributed by atoms with Gasteiger partial charge in [0.15, 0.2) is 11.4 Å². The minimum atomic E-state index is -1.40. The number of nitrogens with one attached hydrogen (secondary N) is 1. The molecule has 0 atom stereocenters. The van der Waals surface area contributed by atoms with Crippen molar-refractivity contribution in [3.8, 4) is 17.0 Å². The van der Waals surface area contributed by atoms with Gasteiger partial charge in [0, 0.05) is 10.9 Å². The van der Waals surface area contributed by atoms with E-state index in [2.05, 4.69) is 9.97 Å². The van der Waals surface area contributed by atoms with Crippen LogP contribution in [0.1, 0.15) is 16.2 Å². The van der Waals surface area contributed by atoms with Crippen molar-refractivity contribution >= 4 is 16.7 Å². The lowest BCUT2D eigenvalue weighted by Crippen LogP contribution is -2.15. The van der Waals surface area contributed by atoms with E-state index in [1.807, 2.05) is 30.3 Å². The maximum Gasteiger partial charge on any atom is 0.356 e. The van der Waals surface area contributed by atoms with Gasteiger partial charge >= 0.3 is 5.97 Å². The van der Waals surface area contributed by atoms with E-state index in [1.165, 1.54) is 6.07 Å². The van der Waals surface area contributed by atoms with Gasteiger partial charge in [0.2, 0.25) is 0 Å². The first kappa shape index (κ1) is 13.8. The highest BCUT2D eigenvalue weighted by Gasteiger charge is 2.18. The number of rotatable bonds is 2. The van der Waals surface area contributed by atoms with E-state index in [0.717, 1.165) is 5.56 Å². The molecule has 2 aromatic heterocycles. The highest BCUT2D eigenvalue weighted by molar-refractivity contribution is 5.99. The third-order valence-electron chi connectivity index (χ3n) is 3.44. The quantitative estimate of drug-likeness (QED) is 0.673. The van der Waals surface area contributed by atoms with Gasteiger partial charge < -0.3 is 15.2 Å². The molecule has 22 heavy (non-hydrogen) atoms. The number of aromatic nitrogens is 2. The lowest BCUT2D eigenvalue weighted by Gasteiger charge is -2.09. The third kappa shape index (κ3) is 2.10. The third-order valence-corrected chi connectivity index (χ3v) is 3.44. The van der Waals surface area contributed by atoms with E-state index in [1.54, 1.807) is 6.92 Å². The molecular formula is C16H12N2O4. The van der Waals surface area contributed by atoms with Crippen LogP contribution in [0.5, 0.6) is 5.75 Å². The summed E-state index contributed by atoms with van der Waals surface area (Å²) < 4.78 is 0. The lowest BCUT2D eigenvalue weighted by atomic mass is 10.0. The number of nitrogens with zero attached hydrogens (tertiary/aromatic N) is 1. The molecule has 1 aromatic carbocycles. The number of aryl methyl sites for hydroxylation is 1. The second-order valence-electron chi connectivity index (χ2n) is 4.86. The van der Waals surface area contributed by atoms with Crippen molar-refractivity contribution in [1.82, 2.24) is 9.97 Å². The smallest absolute Gasteiger partial charge is 0.356 e. The molecular weight excluding hydrogens is 284 g/mol. The second-order valence-corrected chi connectivity index (χ2v) is 4.86. The number of fused-ring (bicyclic) bond motifs is 1. The monoisotopic (exact) mass is 296 g/mol. The fraction of sp³-hybridized carbons (Fsp3) is 0.0625. The SMILES string of the molecule is Cc1nc(-c2ccccc2)cc2c(O)c(C(=O)O)[nH]c(=O)c12.